The van der Waals surface area contributed by atoms with Crippen LogP contribution in [0.3, 0.4) is 0 Å². The third-order valence-corrected chi connectivity index (χ3v) is 2.77. The summed E-state index contributed by atoms with van der Waals surface area (Å²) >= 11 is 0. The Morgan fingerprint density at radius 3 is 1.94 bits per heavy atom. The smallest absolute Gasteiger partial charge is 0.0485 e. The zero-order valence-electron chi connectivity index (χ0n) is 10.6. The van der Waals surface area contributed by atoms with Crippen molar-refractivity contribution in [3.8, 4) is 0 Å². The van der Waals surface area contributed by atoms with E-state index in [9.17, 15) is 0 Å². The molecule has 0 spiro atoms. The van der Waals surface area contributed by atoms with Crippen LogP contribution in [0.2, 0.25) is 0 Å². The first-order valence-electron chi connectivity index (χ1n) is 5.57. The molecule has 88 valence electrons. The molecule has 0 saturated carbocycles. The third kappa shape index (κ3) is 2.56. The second kappa shape index (κ2) is 5.90. The second-order valence-electron chi connectivity index (χ2n) is 3.76. The van der Waals surface area contributed by atoms with Crippen LogP contribution in [0.25, 0.3) is 18.2 Å². The minimum Gasteiger partial charge on any atom is -0.344 e. The number of allylic oxidation sites excluding steroid dienone is 4. The molecule has 0 amide bonds. The van der Waals surface area contributed by atoms with Crippen molar-refractivity contribution in [3.05, 3.63) is 66.6 Å². The van der Waals surface area contributed by atoms with E-state index < -0.39 is 0 Å². The van der Waals surface area contributed by atoms with Gasteiger partial charge in [-0.25, -0.2) is 0 Å². The van der Waals surface area contributed by atoms with E-state index in [-0.39, 0.29) is 0 Å². The van der Waals surface area contributed by atoms with Crippen LogP contribution in [-0.2, 0) is 7.05 Å². The van der Waals surface area contributed by atoms with Crippen molar-refractivity contribution in [2.24, 2.45) is 7.05 Å². The van der Waals surface area contributed by atoms with Crippen molar-refractivity contribution in [2.45, 2.75) is 6.92 Å². The number of hydrogen-bond donors (Lipinski definition) is 0. The van der Waals surface area contributed by atoms with Gasteiger partial charge in [0, 0.05) is 24.0 Å². The molecule has 1 aromatic rings. The van der Waals surface area contributed by atoms with Gasteiger partial charge in [-0.3, -0.25) is 0 Å². The molecule has 0 unspecified atom stereocenters. The minimum atomic E-state index is 1.14. The van der Waals surface area contributed by atoms with E-state index in [4.69, 9.17) is 0 Å². The Hall–Kier alpha value is -2.02. The van der Waals surface area contributed by atoms with Crippen molar-refractivity contribution in [3.63, 3.8) is 0 Å². The molecule has 0 radical (unpaired) electrons. The number of rotatable bonds is 5. The van der Waals surface area contributed by atoms with Gasteiger partial charge >= 0.3 is 0 Å². The molecule has 0 fully saturated rings. The van der Waals surface area contributed by atoms with Crippen molar-refractivity contribution in [2.75, 3.05) is 0 Å². The fraction of sp³-hybridized carbons (Fsp3) is 0.125. The van der Waals surface area contributed by atoms with Gasteiger partial charge in [-0.1, -0.05) is 50.1 Å². The summed E-state index contributed by atoms with van der Waals surface area (Å²) in [6, 6.07) is 0. The lowest BCUT2D eigenvalue weighted by Gasteiger charge is -2.01. The summed E-state index contributed by atoms with van der Waals surface area (Å²) in [4.78, 5) is 0. The SMILES string of the molecule is C=C/C=C\c1c(C)c(C=C)c(/C=C\C=C)n1C. The lowest BCUT2D eigenvalue weighted by atomic mass is 10.1. The molecule has 1 heteroatoms. The Morgan fingerprint density at radius 2 is 1.47 bits per heavy atom. The maximum atomic E-state index is 3.88. The van der Waals surface area contributed by atoms with Crippen LogP contribution in [-0.4, -0.2) is 4.57 Å². The maximum absolute atomic E-state index is 3.88. The molecule has 1 nitrogen and oxygen atoms in total. The summed E-state index contributed by atoms with van der Waals surface area (Å²) in [5.41, 5.74) is 4.70. The highest BCUT2D eigenvalue weighted by Gasteiger charge is 2.11. The Labute approximate surface area is 104 Å². The predicted molar refractivity (Wildman–Crippen MR) is 78.7 cm³/mol. The largest absolute Gasteiger partial charge is 0.344 e. The quantitative estimate of drug-likeness (QED) is 0.655. The van der Waals surface area contributed by atoms with Crippen molar-refractivity contribution in [1.82, 2.24) is 4.57 Å². The van der Waals surface area contributed by atoms with E-state index in [0.717, 1.165) is 11.3 Å². The molecular formula is C16H19N. The minimum absolute atomic E-state index is 1.14. The van der Waals surface area contributed by atoms with Crippen LogP contribution in [0.5, 0.6) is 0 Å². The average molecular weight is 225 g/mol. The zero-order valence-corrected chi connectivity index (χ0v) is 10.6. The first-order valence-corrected chi connectivity index (χ1v) is 5.57. The maximum Gasteiger partial charge on any atom is 0.0485 e. The van der Waals surface area contributed by atoms with Gasteiger partial charge in [0.1, 0.15) is 0 Å². The molecular weight excluding hydrogens is 206 g/mol. The molecule has 0 aliphatic heterocycles. The fourth-order valence-corrected chi connectivity index (χ4v) is 1.91. The summed E-state index contributed by atoms with van der Waals surface area (Å²) in [5.74, 6) is 0. The normalized spacial score (nSPS) is 11.2. The molecule has 0 aromatic carbocycles. The van der Waals surface area contributed by atoms with Crippen molar-refractivity contribution < 1.29 is 0 Å². The van der Waals surface area contributed by atoms with Crippen LogP contribution in [0.1, 0.15) is 22.5 Å². The van der Waals surface area contributed by atoms with Crippen molar-refractivity contribution in [1.29, 1.82) is 0 Å². The molecule has 0 saturated heterocycles. The van der Waals surface area contributed by atoms with E-state index in [1.807, 2.05) is 31.4 Å². The molecule has 0 aliphatic rings. The van der Waals surface area contributed by atoms with E-state index in [1.54, 1.807) is 12.2 Å². The molecule has 1 rings (SSSR count). The van der Waals surface area contributed by atoms with E-state index in [1.165, 1.54) is 11.3 Å². The Morgan fingerprint density at radius 1 is 0.941 bits per heavy atom. The van der Waals surface area contributed by atoms with E-state index in [0.29, 0.717) is 0 Å². The van der Waals surface area contributed by atoms with Gasteiger partial charge in [0.25, 0.3) is 0 Å². The predicted octanol–water partition coefficient (Wildman–Crippen LogP) is 4.37. The zero-order chi connectivity index (χ0) is 12.8. The van der Waals surface area contributed by atoms with Crippen molar-refractivity contribution >= 4 is 18.2 Å². The van der Waals surface area contributed by atoms with E-state index >= 15 is 0 Å². The summed E-state index contributed by atoms with van der Waals surface area (Å²) in [5, 5.41) is 0. The molecule has 1 aromatic heterocycles. The number of nitrogens with zero attached hydrogens (tertiary/aromatic N) is 1. The first-order chi connectivity index (χ1) is 8.17. The Bertz CT molecular complexity index is 496. The van der Waals surface area contributed by atoms with Gasteiger partial charge in [0.2, 0.25) is 0 Å². The summed E-state index contributed by atoms with van der Waals surface area (Å²) in [6.45, 7) is 13.4. The highest BCUT2D eigenvalue weighted by Crippen LogP contribution is 2.25. The summed E-state index contributed by atoms with van der Waals surface area (Å²) in [6.07, 6.45) is 13.4. The van der Waals surface area contributed by atoms with Gasteiger partial charge in [-0.2, -0.15) is 0 Å². The first kappa shape index (κ1) is 13.0. The summed E-state index contributed by atoms with van der Waals surface area (Å²) < 4.78 is 2.15. The van der Waals surface area contributed by atoms with Gasteiger partial charge in [-0.05, 0) is 24.6 Å². The standard InChI is InChI=1S/C16H19N/c1-6-9-11-15-13(4)14(8-3)16(17(15)5)12-10-7-2/h6-12H,1-3H2,4-5H3/b11-9-,12-10-. The Kier molecular flexibility index (Phi) is 4.53. The number of hydrogen-bond acceptors (Lipinski definition) is 0. The lowest BCUT2D eigenvalue weighted by molar-refractivity contribution is 0.898. The van der Waals surface area contributed by atoms with Gasteiger partial charge in [-0.15, -0.1) is 0 Å². The molecule has 0 atom stereocenters. The molecule has 0 aliphatic carbocycles. The topological polar surface area (TPSA) is 4.93 Å². The van der Waals surface area contributed by atoms with Crippen LogP contribution < -0.4 is 0 Å². The van der Waals surface area contributed by atoms with Crippen LogP contribution in [0.4, 0.5) is 0 Å². The average Bonchev–Trinajstić information content (AvgIpc) is 2.55. The molecule has 0 bridgehead atoms. The molecule has 0 N–H and O–H groups in total. The highest BCUT2D eigenvalue weighted by molar-refractivity contribution is 5.71. The van der Waals surface area contributed by atoms with Gasteiger partial charge < -0.3 is 4.57 Å². The number of aromatic nitrogens is 1. The molecule has 1 heterocycles. The lowest BCUT2D eigenvalue weighted by Crippen LogP contribution is -1.94. The molecule has 17 heavy (non-hydrogen) atoms. The second-order valence-corrected chi connectivity index (χ2v) is 3.76. The van der Waals surface area contributed by atoms with Gasteiger partial charge in [0.05, 0.1) is 0 Å². The highest BCUT2D eigenvalue weighted by atomic mass is 15.0. The van der Waals surface area contributed by atoms with E-state index in [2.05, 4.69) is 37.3 Å². The summed E-state index contributed by atoms with van der Waals surface area (Å²) in [7, 11) is 2.05. The Balaban J connectivity index is 3.44. The third-order valence-electron chi connectivity index (χ3n) is 2.77. The fourth-order valence-electron chi connectivity index (χ4n) is 1.91. The van der Waals surface area contributed by atoms with Crippen LogP contribution in [0.15, 0.2) is 44.0 Å². The van der Waals surface area contributed by atoms with Gasteiger partial charge in [0.15, 0.2) is 0 Å². The van der Waals surface area contributed by atoms with Crippen LogP contribution >= 0.6 is 0 Å². The van der Waals surface area contributed by atoms with Crippen LogP contribution in [0, 0.1) is 6.92 Å². The monoisotopic (exact) mass is 225 g/mol.